The van der Waals surface area contributed by atoms with E-state index in [1.807, 2.05) is 27.7 Å². The molecular weight excluding hydrogens is 456 g/mol. The predicted molar refractivity (Wildman–Crippen MR) is 137 cm³/mol. The zero-order chi connectivity index (χ0) is 26.9. The molecule has 0 saturated heterocycles. The third kappa shape index (κ3) is 2.80. The Morgan fingerprint density at radius 1 is 0.889 bits per heavy atom. The third-order valence-corrected chi connectivity index (χ3v) is 13.6. The van der Waals surface area contributed by atoms with Crippen LogP contribution >= 0.6 is 0 Å². The van der Waals surface area contributed by atoms with Gasteiger partial charge < -0.3 is 25.5 Å². The van der Waals surface area contributed by atoms with Gasteiger partial charge in [-0.1, -0.05) is 53.2 Å². The molecule has 0 heterocycles. The number of aliphatic carboxylic acids is 1. The molecule has 6 nitrogen and oxygen atoms in total. The first-order chi connectivity index (χ1) is 16.4. The lowest BCUT2D eigenvalue weighted by atomic mass is 9.32. The fourth-order valence-corrected chi connectivity index (χ4v) is 10.9. The number of fused-ring (bicyclic) bond motifs is 7. The molecule has 5 aliphatic rings. The molecule has 0 unspecified atom stereocenters. The second kappa shape index (κ2) is 7.58. The van der Waals surface area contributed by atoms with Crippen LogP contribution in [0.2, 0.25) is 0 Å². The zero-order valence-electron chi connectivity index (χ0n) is 23.2. The standard InChI is InChI=1S/C30H48O6/c1-16-10-13-30(24(34)35)15-14-26(4)17(21(30)29(16,7)36)8-9-19-27(26,5)12-11-18-25(2,3)22(32)20(31)23(33)28(18,19)6/h8,16,18-23,31-33,36H,9-15H2,1-7H3,(H,34,35)/t16-,18+,19+,20-,21+,22+,23-,26-,27-,28+,29-,30+/m1/s1. The van der Waals surface area contributed by atoms with Crippen LogP contribution in [0, 0.1) is 50.7 Å². The minimum Gasteiger partial charge on any atom is -0.481 e. The number of allylic oxidation sites excluding steroid dienone is 1. The van der Waals surface area contributed by atoms with Gasteiger partial charge >= 0.3 is 5.97 Å². The molecule has 0 amide bonds. The zero-order valence-corrected chi connectivity index (χ0v) is 23.2. The molecule has 12 atom stereocenters. The Balaban J connectivity index is 1.67. The van der Waals surface area contributed by atoms with E-state index in [1.165, 1.54) is 0 Å². The van der Waals surface area contributed by atoms with Crippen LogP contribution in [0.1, 0.15) is 93.4 Å². The molecule has 0 aliphatic heterocycles. The Morgan fingerprint density at radius 3 is 2.14 bits per heavy atom. The van der Waals surface area contributed by atoms with Crippen molar-refractivity contribution in [3.63, 3.8) is 0 Å². The second-order valence-electron chi connectivity index (χ2n) is 14.9. The highest BCUT2D eigenvalue weighted by atomic mass is 16.4. The van der Waals surface area contributed by atoms with Gasteiger partial charge in [0.15, 0.2) is 0 Å². The summed E-state index contributed by atoms with van der Waals surface area (Å²) in [6, 6.07) is 0. The van der Waals surface area contributed by atoms with Gasteiger partial charge in [-0.2, -0.15) is 0 Å². The molecule has 0 bridgehead atoms. The minimum atomic E-state index is -1.20. The smallest absolute Gasteiger partial charge is 0.310 e. The van der Waals surface area contributed by atoms with Crippen LogP contribution in [0.15, 0.2) is 11.6 Å². The first-order valence-corrected chi connectivity index (χ1v) is 14.1. The van der Waals surface area contributed by atoms with Crippen LogP contribution in [-0.4, -0.2) is 55.4 Å². The summed E-state index contributed by atoms with van der Waals surface area (Å²) in [4.78, 5) is 12.8. The normalized spacial score (nSPS) is 58.0. The fraction of sp³-hybridized carbons (Fsp3) is 0.900. The monoisotopic (exact) mass is 504 g/mol. The average Bonchev–Trinajstić information content (AvgIpc) is 2.79. The molecule has 5 N–H and O–H groups in total. The van der Waals surface area contributed by atoms with E-state index in [4.69, 9.17) is 0 Å². The summed E-state index contributed by atoms with van der Waals surface area (Å²) in [7, 11) is 0. The third-order valence-electron chi connectivity index (χ3n) is 13.6. The van der Waals surface area contributed by atoms with Gasteiger partial charge in [0.05, 0.1) is 23.2 Å². The van der Waals surface area contributed by atoms with E-state index in [0.29, 0.717) is 25.7 Å². The van der Waals surface area contributed by atoms with Gasteiger partial charge in [-0.15, -0.1) is 0 Å². The quantitative estimate of drug-likeness (QED) is 0.343. The van der Waals surface area contributed by atoms with Crippen molar-refractivity contribution in [2.75, 3.05) is 0 Å². The molecule has 4 fully saturated rings. The van der Waals surface area contributed by atoms with Crippen LogP contribution in [0.4, 0.5) is 0 Å². The second-order valence-corrected chi connectivity index (χ2v) is 14.9. The van der Waals surface area contributed by atoms with E-state index < -0.39 is 52.0 Å². The largest absolute Gasteiger partial charge is 0.481 e. The molecule has 4 saturated carbocycles. The van der Waals surface area contributed by atoms with Gasteiger partial charge in [0.1, 0.15) is 6.10 Å². The van der Waals surface area contributed by atoms with E-state index in [0.717, 1.165) is 24.8 Å². The number of aliphatic hydroxyl groups excluding tert-OH is 3. The number of rotatable bonds is 1. The molecule has 5 rings (SSSR count). The van der Waals surface area contributed by atoms with Crippen molar-refractivity contribution in [2.45, 2.75) is 117 Å². The van der Waals surface area contributed by atoms with E-state index in [9.17, 15) is 30.3 Å². The number of carboxylic acid groups (broad SMARTS) is 1. The molecule has 36 heavy (non-hydrogen) atoms. The van der Waals surface area contributed by atoms with E-state index >= 15 is 0 Å². The van der Waals surface area contributed by atoms with Crippen molar-refractivity contribution in [2.24, 2.45) is 50.7 Å². The Kier molecular flexibility index (Phi) is 5.61. The van der Waals surface area contributed by atoms with Crippen LogP contribution in [-0.2, 0) is 4.79 Å². The summed E-state index contributed by atoms with van der Waals surface area (Å²) in [5.41, 5.74) is -2.63. The summed E-state index contributed by atoms with van der Waals surface area (Å²) >= 11 is 0. The minimum absolute atomic E-state index is 0.00890. The number of carbonyl (C=O) groups is 1. The van der Waals surface area contributed by atoms with Crippen LogP contribution in [0.5, 0.6) is 0 Å². The topological polar surface area (TPSA) is 118 Å². The summed E-state index contributed by atoms with van der Waals surface area (Å²) in [6.07, 6.45) is 4.02. The predicted octanol–water partition coefficient (Wildman–Crippen LogP) is 4.15. The molecule has 0 aromatic heterocycles. The summed E-state index contributed by atoms with van der Waals surface area (Å²) < 4.78 is 0. The Morgan fingerprint density at radius 2 is 1.53 bits per heavy atom. The van der Waals surface area contributed by atoms with Gasteiger partial charge in [0, 0.05) is 11.3 Å². The van der Waals surface area contributed by atoms with Gasteiger partial charge in [-0.3, -0.25) is 4.79 Å². The molecular formula is C30H48O6. The molecule has 0 aromatic carbocycles. The highest BCUT2D eigenvalue weighted by Crippen LogP contribution is 2.76. The van der Waals surface area contributed by atoms with E-state index in [1.54, 1.807) is 0 Å². The lowest BCUT2D eigenvalue weighted by molar-refractivity contribution is -0.279. The number of hydrogen-bond donors (Lipinski definition) is 5. The summed E-state index contributed by atoms with van der Waals surface area (Å²) in [5, 5.41) is 55.9. The lowest BCUT2D eigenvalue weighted by Gasteiger charge is -2.72. The van der Waals surface area contributed by atoms with Gasteiger partial charge in [0.2, 0.25) is 0 Å². The Hall–Kier alpha value is -0.950. The first-order valence-electron chi connectivity index (χ1n) is 14.1. The van der Waals surface area contributed by atoms with Crippen molar-refractivity contribution in [3.05, 3.63) is 11.6 Å². The SMILES string of the molecule is C[C@@H]1CC[C@]2(C(=O)O)CC[C@]3(C)C(=CC[C@@H]4[C@@]5(C)[C@H](O)[C@H](O)[C@H](O)C(C)(C)[C@@H]5CC[C@]43C)[C@H]2[C@]1(C)O. The van der Waals surface area contributed by atoms with Gasteiger partial charge in [0.25, 0.3) is 0 Å². The average molecular weight is 505 g/mol. The highest BCUT2D eigenvalue weighted by Gasteiger charge is 2.73. The Labute approximate surface area is 216 Å². The van der Waals surface area contributed by atoms with Crippen LogP contribution < -0.4 is 0 Å². The summed E-state index contributed by atoms with van der Waals surface area (Å²) in [5.74, 6) is -1.10. The Bertz CT molecular complexity index is 986. The van der Waals surface area contributed by atoms with E-state index in [2.05, 4.69) is 26.8 Å². The van der Waals surface area contributed by atoms with Crippen molar-refractivity contribution in [1.82, 2.24) is 0 Å². The number of aliphatic hydroxyl groups is 4. The first kappa shape index (κ1) is 26.6. The van der Waals surface area contributed by atoms with Crippen LogP contribution in [0.25, 0.3) is 0 Å². The maximum absolute atomic E-state index is 12.8. The lowest BCUT2D eigenvalue weighted by Crippen LogP contribution is -2.72. The number of carboxylic acids is 1. The van der Waals surface area contributed by atoms with Crippen molar-refractivity contribution in [3.8, 4) is 0 Å². The molecule has 0 aromatic rings. The fourth-order valence-electron chi connectivity index (χ4n) is 10.9. The van der Waals surface area contributed by atoms with Crippen molar-refractivity contribution in [1.29, 1.82) is 0 Å². The molecule has 0 spiro atoms. The summed E-state index contributed by atoms with van der Waals surface area (Å²) in [6.45, 7) is 14.7. The molecule has 5 aliphatic carbocycles. The van der Waals surface area contributed by atoms with Crippen molar-refractivity contribution >= 4 is 5.97 Å². The van der Waals surface area contributed by atoms with E-state index in [-0.39, 0.29) is 28.6 Å². The maximum Gasteiger partial charge on any atom is 0.310 e. The van der Waals surface area contributed by atoms with Gasteiger partial charge in [-0.05, 0) is 85.9 Å². The molecule has 0 radical (unpaired) electrons. The van der Waals surface area contributed by atoms with Gasteiger partial charge in [-0.25, -0.2) is 0 Å². The maximum atomic E-state index is 12.8. The van der Waals surface area contributed by atoms with Crippen LogP contribution in [0.3, 0.4) is 0 Å². The molecule has 6 heteroatoms. The molecule has 204 valence electrons. The highest BCUT2D eigenvalue weighted by molar-refractivity contribution is 5.77. The number of hydrogen-bond acceptors (Lipinski definition) is 5. The van der Waals surface area contributed by atoms with Crippen molar-refractivity contribution < 1.29 is 30.3 Å².